The van der Waals surface area contributed by atoms with Crippen LogP contribution in [0.3, 0.4) is 0 Å². The number of hydrogen-bond acceptors (Lipinski definition) is 7. The topological polar surface area (TPSA) is 123 Å². The van der Waals surface area contributed by atoms with E-state index >= 15 is 0 Å². The Bertz CT molecular complexity index is 985. The minimum Gasteiger partial charge on any atom is -0.493 e. The van der Waals surface area contributed by atoms with E-state index in [0.29, 0.717) is 17.1 Å². The number of carbonyl (C=O) groups excluding carboxylic acids is 4. The van der Waals surface area contributed by atoms with Crippen molar-refractivity contribution in [3.8, 4) is 11.5 Å². The quantitative estimate of drug-likeness (QED) is 0.423. The molecule has 10 nitrogen and oxygen atoms in total. The number of piperazine rings is 1. The van der Waals surface area contributed by atoms with E-state index in [1.165, 1.54) is 32.1 Å². The molecule has 2 aliphatic rings. The largest absolute Gasteiger partial charge is 0.493 e. The van der Waals surface area contributed by atoms with E-state index in [4.69, 9.17) is 14.2 Å². The minimum atomic E-state index is -1.03. The Morgan fingerprint density at radius 3 is 2.49 bits per heavy atom. The Morgan fingerprint density at radius 2 is 1.83 bits per heavy atom. The fourth-order valence-electron chi connectivity index (χ4n) is 4.34. The monoisotopic (exact) mass is 487 g/mol. The lowest BCUT2D eigenvalue weighted by molar-refractivity contribution is -0.156. The molecular weight excluding hydrogens is 454 g/mol. The van der Waals surface area contributed by atoms with Gasteiger partial charge in [-0.3, -0.25) is 19.2 Å². The Kier molecular flexibility index (Phi) is 9.11. The number of methoxy groups -OCH3 is 2. The maximum atomic E-state index is 13.5. The molecule has 0 radical (unpaired) electrons. The van der Waals surface area contributed by atoms with Gasteiger partial charge in [0, 0.05) is 20.0 Å². The fourth-order valence-corrected chi connectivity index (χ4v) is 4.34. The van der Waals surface area contributed by atoms with Crippen molar-refractivity contribution in [1.29, 1.82) is 0 Å². The van der Waals surface area contributed by atoms with Gasteiger partial charge in [-0.25, -0.2) is 0 Å². The van der Waals surface area contributed by atoms with E-state index in [-0.39, 0.29) is 31.3 Å². The van der Waals surface area contributed by atoms with Gasteiger partial charge >= 0.3 is 5.97 Å². The first-order chi connectivity index (χ1) is 16.8. The van der Waals surface area contributed by atoms with Crippen LogP contribution in [-0.4, -0.2) is 68.0 Å². The lowest BCUT2D eigenvalue weighted by Crippen LogP contribution is -2.59. The summed E-state index contributed by atoms with van der Waals surface area (Å²) in [6.07, 6.45) is 5.86. The van der Waals surface area contributed by atoms with Crippen LogP contribution in [0.25, 0.3) is 6.08 Å². The van der Waals surface area contributed by atoms with Crippen molar-refractivity contribution in [2.75, 3.05) is 27.3 Å². The normalized spacial score (nSPS) is 18.9. The van der Waals surface area contributed by atoms with Gasteiger partial charge in [-0.2, -0.15) is 0 Å². The summed E-state index contributed by atoms with van der Waals surface area (Å²) in [5.74, 6) is -0.988. The van der Waals surface area contributed by atoms with E-state index in [1.54, 1.807) is 18.2 Å². The van der Waals surface area contributed by atoms with Crippen molar-refractivity contribution < 1.29 is 33.4 Å². The second-order valence-electron chi connectivity index (χ2n) is 8.61. The average Bonchev–Trinajstić information content (AvgIpc) is 2.84. The summed E-state index contributed by atoms with van der Waals surface area (Å²) in [6.45, 7) is 1.72. The van der Waals surface area contributed by atoms with Crippen molar-refractivity contribution in [3.63, 3.8) is 0 Å². The zero-order chi connectivity index (χ0) is 25.4. The van der Waals surface area contributed by atoms with E-state index in [1.807, 2.05) is 0 Å². The molecule has 2 fully saturated rings. The van der Waals surface area contributed by atoms with E-state index in [9.17, 15) is 19.2 Å². The molecule has 1 heterocycles. The van der Waals surface area contributed by atoms with Crippen molar-refractivity contribution in [3.05, 3.63) is 29.5 Å². The maximum absolute atomic E-state index is 13.5. The molecule has 1 saturated heterocycles. The maximum Gasteiger partial charge on any atom is 0.308 e. The predicted molar refractivity (Wildman–Crippen MR) is 127 cm³/mol. The van der Waals surface area contributed by atoms with Gasteiger partial charge in [-0.15, -0.1) is 0 Å². The van der Waals surface area contributed by atoms with Crippen LogP contribution >= 0.6 is 0 Å². The Morgan fingerprint density at radius 1 is 1.11 bits per heavy atom. The molecule has 0 spiro atoms. The van der Waals surface area contributed by atoms with Gasteiger partial charge in [-0.05, 0) is 49.5 Å². The summed E-state index contributed by atoms with van der Waals surface area (Å²) in [4.78, 5) is 51.9. The summed E-state index contributed by atoms with van der Waals surface area (Å²) in [7, 11) is 3.01. The molecular formula is C25H33N3O7. The van der Waals surface area contributed by atoms with Gasteiger partial charge < -0.3 is 29.7 Å². The van der Waals surface area contributed by atoms with Gasteiger partial charge in [0.25, 0.3) is 5.91 Å². The lowest BCUT2D eigenvalue weighted by Gasteiger charge is -2.35. The van der Waals surface area contributed by atoms with Crippen LogP contribution in [0.2, 0.25) is 0 Å². The number of hydrogen-bond donors (Lipinski definition) is 2. The Balaban J connectivity index is 1.82. The van der Waals surface area contributed by atoms with E-state index in [2.05, 4.69) is 10.6 Å². The van der Waals surface area contributed by atoms with Gasteiger partial charge in [-0.1, -0.05) is 12.5 Å². The van der Waals surface area contributed by atoms with Crippen LogP contribution in [-0.2, 0) is 23.9 Å². The number of benzene rings is 1. The summed E-state index contributed by atoms with van der Waals surface area (Å²) in [6, 6.07) is 4.02. The number of rotatable bonds is 8. The highest BCUT2D eigenvalue weighted by molar-refractivity contribution is 6.03. The molecule has 190 valence electrons. The number of nitrogens with one attached hydrogen (secondary N) is 2. The van der Waals surface area contributed by atoms with Crippen LogP contribution in [0.4, 0.5) is 0 Å². The summed E-state index contributed by atoms with van der Waals surface area (Å²) in [5, 5.41) is 5.26. The summed E-state index contributed by atoms with van der Waals surface area (Å²) < 4.78 is 16.1. The van der Waals surface area contributed by atoms with Crippen LogP contribution in [0.1, 0.15) is 51.0 Å². The molecule has 3 rings (SSSR count). The van der Waals surface area contributed by atoms with Crippen LogP contribution in [0, 0.1) is 0 Å². The number of carbonyl (C=O) groups is 4. The third-order valence-corrected chi connectivity index (χ3v) is 6.06. The zero-order valence-electron chi connectivity index (χ0n) is 20.4. The van der Waals surface area contributed by atoms with Crippen molar-refractivity contribution in [2.45, 2.75) is 57.6 Å². The second kappa shape index (κ2) is 12.2. The van der Waals surface area contributed by atoms with E-state index in [0.717, 1.165) is 32.1 Å². The van der Waals surface area contributed by atoms with Crippen molar-refractivity contribution >= 4 is 29.8 Å². The highest BCUT2D eigenvalue weighted by Crippen LogP contribution is 2.28. The zero-order valence-corrected chi connectivity index (χ0v) is 20.4. The first-order valence-corrected chi connectivity index (χ1v) is 11.8. The van der Waals surface area contributed by atoms with Gasteiger partial charge in [0.2, 0.25) is 11.8 Å². The lowest BCUT2D eigenvalue weighted by atomic mass is 9.98. The third-order valence-electron chi connectivity index (χ3n) is 6.06. The van der Waals surface area contributed by atoms with Gasteiger partial charge in [0.1, 0.15) is 17.8 Å². The number of ether oxygens (including phenoxy) is 3. The summed E-state index contributed by atoms with van der Waals surface area (Å²) >= 11 is 0. The van der Waals surface area contributed by atoms with Crippen LogP contribution < -0.4 is 20.1 Å². The summed E-state index contributed by atoms with van der Waals surface area (Å²) in [5.41, 5.74) is 0.555. The van der Waals surface area contributed by atoms with Gasteiger partial charge in [0.05, 0.1) is 20.6 Å². The third kappa shape index (κ3) is 6.97. The first-order valence-electron chi connectivity index (χ1n) is 11.8. The Labute approximate surface area is 205 Å². The van der Waals surface area contributed by atoms with Crippen molar-refractivity contribution in [1.82, 2.24) is 15.5 Å². The second-order valence-corrected chi connectivity index (χ2v) is 8.61. The SMILES string of the molecule is COc1ccc(/C=C(\NC(C)=O)C(=O)N2CCNC(=O)C2CC(=O)OC2CCCCC2)cc1OC. The molecule has 1 atom stereocenters. The molecule has 1 aliphatic heterocycles. The van der Waals surface area contributed by atoms with E-state index < -0.39 is 29.7 Å². The molecule has 0 bridgehead atoms. The average molecular weight is 488 g/mol. The molecule has 35 heavy (non-hydrogen) atoms. The molecule has 1 saturated carbocycles. The highest BCUT2D eigenvalue weighted by Gasteiger charge is 2.37. The smallest absolute Gasteiger partial charge is 0.308 e. The molecule has 1 unspecified atom stereocenters. The standard InChI is InChI=1S/C25H33N3O7/c1-16(29)27-19(13-17-9-10-21(33-2)22(14-17)34-3)25(32)28-12-11-26-24(31)20(28)15-23(30)35-18-7-5-4-6-8-18/h9-10,13-14,18,20H,4-8,11-12,15H2,1-3H3,(H,26,31)(H,27,29)/b19-13-. The molecule has 1 aromatic rings. The highest BCUT2D eigenvalue weighted by atomic mass is 16.5. The molecule has 3 amide bonds. The Hall–Kier alpha value is -3.56. The molecule has 0 aromatic heterocycles. The number of amides is 3. The van der Waals surface area contributed by atoms with Gasteiger partial charge in [0.15, 0.2) is 11.5 Å². The molecule has 10 heteroatoms. The number of esters is 1. The predicted octanol–water partition coefficient (Wildman–Crippen LogP) is 1.77. The van der Waals surface area contributed by atoms with Crippen LogP contribution in [0.5, 0.6) is 11.5 Å². The first kappa shape index (κ1) is 26.1. The van der Waals surface area contributed by atoms with Crippen molar-refractivity contribution in [2.24, 2.45) is 0 Å². The number of nitrogens with zero attached hydrogens (tertiary/aromatic N) is 1. The fraction of sp³-hybridized carbons (Fsp3) is 0.520. The van der Waals surface area contributed by atoms with Crippen LogP contribution in [0.15, 0.2) is 23.9 Å². The molecule has 1 aliphatic carbocycles. The molecule has 2 N–H and O–H groups in total. The molecule has 1 aromatic carbocycles. The minimum absolute atomic E-state index is 0.0231.